The van der Waals surface area contributed by atoms with Gasteiger partial charge in [-0.25, -0.2) is 19.9 Å². The number of nitrogens with zero attached hydrogens (tertiary/aromatic N) is 4. The molecule has 4 aromatic carbocycles. The Labute approximate surface area is 308 Å². The van der Waals surface area contributed by atoms with Crippen molar-refractivity contribution in [3.05, 3.63) is 105 Å². The number of unbranched alkanes of at least 4 members (excludes halogenated alkanes) is 4. The Bertz CT molecular complexity index is 2180. The SMILES string of the molecule is CCCCCc1ccc(C=Cc2nc3cc4sc(-c5nc6cc7sc(C=Cc8ccc(CCCCC)cc8)nc7cc6s5)nc4cc3s2)cc1. The molecule has 0 saturated heterocycles. The highest BCUT2D eigenvalue weighted by Crippen LogP contribution is 2.39. The van der Waals surface area contributed by atoms with E-state index < -0.39 is 0 Å². The van der Waals surface area contributed by atoms with Crippen LogP contribution in [0.1, 0.15) is 84.6 Å². The second-order valence-electron chi connectivity index (χ2n) is 12.8. The Morgan fingerprint density at radius 2 is 0.820 bits per heavy atom. The van der Waals surface area contributed by atoms with E-state index in [9.17, 15) is 0 Å². The Morgan fingerprint density at radius 1 is 0.440 bits per heavy atom. The second kappa shape index (κ2) is 15.0. The van der Waals surface area contributed by atoms with Crippen LogP contribution in [0.5, 0.6) is 0 Å². The van der Waals surface area contributed by atoms with Gasteiger partial charge in [0.05, 0.1) is 40.9 Å². The first-order valence-electron chi connectivity index (χ1n) is 17.6. The van der Waals surface area contributed by atoms with Gasteiger partial charge in [-0.1, -0.05) is 100 Å². The van der Waals surface area contributed by atoms with Crippen LogP contribution in [-0.2, 0) is 12.8 Å². The Morgan fingerprint density at radius 3 is 1.22 bits per heavy atom. The topological polar surface area (TPSA) is 51.6 Å². The standard InChI is InChI=1S/C42H38N4S4/c1-3-5-7-9-27-11-15-29(16-12-27)19-21-39-43-31-23-37-33(25-35(31)47-39)45-41(49-37)42-46-34-26-36-32(24-38(34)50-42)44-40(48-36)22-20-30-17-13-28(14-18-30)10-8-6-4-2/h11-26H,3-10H2,1-2H3. The molecule has 0 saturated carbocycles. The average molecular weight is 727 g/mol. The highest BCUT2D eigenvalue weighted by atomic mass is 32.1. The van der Waals surface area contributed by atoms with Crippen molar-refractivity contribution in [2.45, 2.75) is 65.2 Å². The molecule has 4 aromatic heterocycles. The summed E-state index contributed by atoms with van der Waals surface area (Å²) < 4.78 is 4.58. The van der Waals surface area contributed by atoms with Gasteiger partial charge in [0.15, 0.2) is 10.0 Å². The van der Waals surface area contributed by atoms with Crippen LogP contribution < -0.4 is 0 Å². The van der Waals surface area contributed by atoms with Crippen molar-refractivity contribution in [3.63, 3.8) is 0 Å². The molecule has 0 aliphatic rings. The lowest BCUT2D eigenvalue weighted by molar-refractivity contribution is 0.717. The van der Waals surface area contributed by atoms with E-state index in [-0.39, 0.29) is 0 Å². The van der Waals surface area contributed by atoms with Gasteiger partial charge in [-0.2, -0.15) is 0 Å². The van der Waals surface area contributed by atoms with Crippen LogP contribution in [0.2, 0.25) is 0 Å². The zero-order valence-corrected chi connectivity index (χ0v) is 31.6. The predicted molar refractivity (Wildman–Crippen MR) is 222 cm³/mol. The molecule has 4 heterocycles. The van der Waals surface area contributed by atoms with Crippen LogP contribution >= 0.6 is 45.3 Å². The Hall–Kier alpha value is -4.08. The predicted octanol–water partition coefficient (Wildman–Crippen LogP) is 13.6. The lowest BCUT2D eigenvalue weighted by Gasteiger charge is -2.01. The number of hydrogen-bond acceptors (Lipinski definition) is 8. The fourth-order valence-electron chi connectivity index (χ4n) is 6.14. The highest BCUT2D eigenvalue weighted by molar-refractivity contribution is 7.28. The third-order valence-corrected chi connectivity index (χ3v) is 13.1. The molecule has 0 aliphatic heterocycles. The number of aryl methyl sites for hydroxylation is 2. The first kappa shape index (κ1) is 33.1. The number of benzene rings is 4. The summed E-state index contributed by atoms with van der Waals surface area (Å²) >= 11 is 6.79. The van der Waals surface area contributed by atoms with Gasteiger partial charge in [0.25, 0.3) is 0 Å². The summed E-state index contributed by atoms with van der Waals surface area (Å²) in [6.07, 6.45) is 18.5. The number of rotatable bonds is 13. The number of aromatic nitrogens is 4. The quantitative estimate of drug-likeness (QED) is 0.111. The maximum Gasteiger partial charge on any atom is 0.153 e. The molecule has 8 aromatic rings. The molecule has 0 amide bonds. The molecular formula is C42H38N4S4. The van der Waals surface area contributed by atoms with Crippen LogP contribution in [0, 0.1) is 0 Å². The minimum absolute atomic E-state index is 0.952. The molecule has 0 unspecified atom stereocenters. The lowest BCUT2D eigenvalue weighted by atomic mass is 10.1. The molecule has 0 aliphatic carbocycles. The van der Waals surface area contributed by atoms with Crippen LogP contribution in [0.15, 0.2) is 72.8 Å². The highest BCUT2D eigenvalue weighted by Gasteiger charge is 2.15. The molecule has 0 spiro atoms. The largest absolute Gasteiger partial charge is 0.237 e. The molecule has 4 nitrogen and oxygen atoms in total. The van der Waals surface area contributed by atoms with Gasteiger partial charge < -0.3 is 0 Å². The molecule has 0 fully saturated rings. The molecule has 0 radical (unpaired) electrons. The van der Waals surface area contributed by atoms with E-state index in [2.05, 4.69) is 111 Å². The Kier molecular flexibility index (Phi) is 9.95. The molecule has 50 heavy (non-hydrogen) atoms. The maximum atomic E-state index is 5.02. The molecule has 8 heteroatoms. The van der Waals surface area contributed by atoms with Gasteiger partial charge in [-0.3, -0.25) is 0 Å². The van der Waals surface area contributed by atoms with Gasteiger partial charge in [0.2, 0.25) is 0 Å². The van der Waals surface area contributed by atoms with Gasteiger partial charge >= 0.3 is 0 Å². The lowest BCUT2D eigenvalue weighted by Crippen LogP contribution is -1.85. The van der Waals surface area contributed by atoms with Gasteiger partial charge in [0, 0.05) is 0 Å². The summed E-state index contributed by atoms with van der Waals surface area (Å²) in [6, 6.07) is 26.5. The molecule has 0 N–H and O–H groups in total. The van der Waals surface area contributed by atoms with Crippen molar-refractivity contribution in [2.75, 3.05) is 0 Å². The molecular weight excluding hydrogens is 689 g/mol. The van der Waals surface area contributed by atoms with Crippen molar-refractivity contribution >= 4 is 111 Å². The molecule has 250 valence electrons. The summed E-state index contributed by atoms with van der Waals surface area (Å²) in [6.45, 7) is 4.50. The van der Waals surface area contributed by atoms with Gasteiger partial charge in [-0.05, 0) is 84.4 Å². The van der Waals surface area contributed by atoms with Crippen LogP contribution in [-0.4, -0.2) is 19.9 Å². The second-order valence-corrected chi connectivity index (χ2v) is 17.0. The number of fused-ring (bicyclic) bond motifs is 4. The van der Waals surface area contributed by atoms with Crippen molar-refractivity contribution in [1.82, 2.24) is 19.9 Å². The third-order valence-electron chi connectivity index (χ3n) is 8.95. The monoisotopic (exact) mass is 726 g/mol. The fraction of sp³-hybridized carbons (Fsp3) is 0.238. The summed E-state index contributed by atoms with van der Waals surface area (Å²) in [4.78, 5) is 19.9. The minimum Gasteiger partial charge on any atom is -0.237 e. The zero-order valence-electron chi connectivity index (χ0n) is 28.3. The van der Waals surface area contributed by atoms with Crippen molar-refractivity contribution < 1.29 is 0 Å². The normalized spacial score (nSPS) is 12.3. The van der Waals surface area contributed by atoms with Crippen molar-refractivity contribution in [1.29, 1.82) is 0 Å². The fourth-order valence-corrected chi connectivity index (χ4v) is 9.89. The van der Waals surface area contributed by atoms with Gasteiger partial charge in [-0.15, -0.1) is 45.3 Å². The summed E-state index contributed by atoms with van der Waals surface area (Å²) in [5, 5.41) is 3.92. The van der Waals surface area contributed by atoms with E-state index >= 15 is 0 Å². The summed E-state index contributed by atoms with van der Waals surface area (Å²) in [7, 11) is 0. The molecule has 0 bridgehead atoms. The first-order chi connectivity index (χ1) is 24.6. The molecule has 8 rings (SSSR count). The van der Waals surface area contributed by atoms with E-state index in [1.54, 1.807) is 45.3 Å². The summed E-state index contributed by atoms with van der Waals surface area (Å²) in [5.41, 5.74) is 9.27. The third kappa shape index (κ3) is 7.49. The number of thiazole rings is 4. The smallest absolute Gasteiger partial charge is 0.153 e. The van der Waals surface area contributed by atoms with Gasteiger partial charge in [0.1, 0.15) is 10.0 Å². The Balaban J connectivity index is 0.961. The van der Waals surface area contributed by atoms with E-state index in [1.807, 2.05) is 0 Å². The molecule has 0 atom stereocenters. The van der Waals surface area contributed by atoms with E-state index in [0.29, 0.717) is 0 Å². The van der Waals surface area contributed by atoms with Crippen molar-refractivity contribution in [3.8, 4) is 10.0 Å². The number of hydrogen-bond donors (Lipinski definition) is 0. The van der Waals surface area contributed by atoms with E-state index in [0.717, 1.165) is 73.7 Å². The zero-order chi connectivity index (χ0) is 33.9. The van der Waals surface area contributed by atoms with E-state index in [1.165, 1.54) is 60.8 Å². The minimum atomic E-state index is 0.952. The van der Waals surface area contributed by atoms with E-state index in [4.69, 9.17) is 19.9 Å². The van der Waals surface area contributed by atoms with Crippen LogP contribution in [0.25, 0.3) is 75.2 Å². The van der Waals surface area contributed by atoms with Crippen LogP contribution in [0.3, 0.4) is 0 Å². The maximum absolute atomic E-state index is 5.02. The summed E-state index contributed by atoms with van der Waals surface area (Å²) in [5.74, 6) is 0. The van der Waals surface area contributed by atoms with Crippen molar-refractivity contribution in [2.24, 2.45) is 0 Å². The first-order valence-corrected chi connectivity index (χ1v) is 20.8. The van der Waals surface area contributed by atoms with Crippen LogP contribution in [0.4, 0.5) is 0 Å². The average Bonchev–Trinajstić information content (AvgIpc) is 3.92.